The molecule has 2 unspecified atom stereocenters. The van der Waals surface area contributed by atoms with E-state index in [9.17, 15) is 4.79 Å². The minimum atomic E-state index is -0.256. The van der Waals surface area contributed by atoms with Crippen molar-refractivity contribution in [3.05, 3.63) is 0 Å². The Kier molecular flexibility index (Phi) is 3.29. The first-order valence-corrected chi connectivity index (χ1v) is 6.26. The quantitative estimate of drug-likeness (QED) is 0.764. The van der Waals surface area contributed by atoms with Crippen LogP contribution < -0.4 is 5.73 Å². The molecule has 1 heterocycles. The molecule has 2 aliphatic rings. The zero-order chi connectivity index (χ0) is 10.8. The normalized spacial score (nSPS) is 31.7. The van der Waals surface area contributed by atoms with Crippen molar-refractivity contribution in [3.63, 3.8) is 0 Å². The lowest BCUT2D eigenvalue weighted by Gasteiger charge is -2.21. The minimum Gasteiger partial charge on any atom is -0.341 e. The van der Waals surface area contributed by atoms with Crippen molar-refractivity contribution in [2.75, 3.05) is 13.1 Å². The maximum atomic E-state index is 12.0. The molecule has 15 heavy (non-hydrogen) atoms. The molecule has 2 fully saturated rings. The number of carbonyl (C=O) groups excluding carboxylic acids is 1. The molecule has 1 aliphatic heterocycles. The maximum absolute atomic E-state index is 12.0. The Hall–Kier alpha value is -0.570. The molecule has 1 aliphatic carbocycles. The minimum absolute atomic E-state index is 0.186. The largest absolute Gasteiger partial charge is 0.341 e. The average molecular weight is 210 g/mol. The van der Waals surface area contributed by atoms with Gasteiger partial charge in [-0.2, -0.15) is 0 Å². The van der Waals surface area contributed by atoms with Gasteiger partial charge in [-0.3, -0.25) is 4.79 Å². The van der Waals surface area contributed by atoms with E-state index in [1.165, 1.54) is 19.3 Å². The van der Waals surface area contributed by atoms with Crippen LogP contribution in [-0.2, 0) is 4.79 Å². The lowest BCUT2D eigenvalue weighted by molar-refractivity contribution is -0.132. The third kappa shape index (κ3) is 2.17. The van der Waals surface area contributed by atoms with Gasteiger partial charge in [-0.1, -0.05) is 19.8 Å². The second-order valence-corrected chi connectivity index (χ2v) is 5.09. The molecule has 1 amide bonds. The first-order valence-electron chi connectivity index (χ1n) is 6.26. The van der Waals surface area contributed by atoms with Crippen LogP contribution in [0, 0.1) is 11.8 Å². The van der Waals surface area contributed by atoms with Gasteiger partial charge in [0.25, 0.3) is 0 Å². The van der Waals surface area contributed by atoms with E-state index < -0.39 is 0 Å². The molecule has 3 nitrogen and oxygen atoms in total. The molecule has 1 saturated carbocycles. The summed E-state index contributed by atoms with van der Waals surface area (Å²) < 4.78 is 0. The van der Waals surface area contributed by atoms with Gasteiger partial charge in [-0.25, -0.2) is 0 Å². The molecule has 0 radical (unpaired) electrons. The number of amides is 1. The average Bonchev–Trinajstić information content (AvgIpc) is 2.75. The number of rotatable bonds is 3. The number of carbonyl (C=O) groups is 1. The fourth-order valence-electron chi connectivity index (χ4n) is 3.08. The Morgan fingerprint density at radius 2 is 2.00 bits per heavy atom. The molecule has 1 saturated heterocycles. The fourth-order valence-corrected chi connectivity index (χ4v) is 3.08. The molecule has 0 bridgehead atoms. The van der Waals surface area contributed by atoms with Crippen LogP contribution in [0.25, 0.3) is 0 Å². The van der Waals surface area contributed by atoms with Gasteiger partial charge in [-0.15, -0.1) is 0 Å². The van der Waals surface area contributed by atoms with Gasteiger partial charge in [-0.05, 0) is 31.1 Å². The fraction of sp³-hybridized carbons (Fsp3) is 0.917. The highest BCUT2D eigenvalue weighted by Gasteiger charge is 2.38. The highest BCUT2D eigenvalue weighted by atomic mass is 16.2. The number of hydrogen-bond donors (Lipinski definition) is 1. The van der Waals surface area contributed by atoms with Gasteiger partial charge in [0.1, 0.15) is 0 Å². The summed E-state index contributed by atoms with van der Waals surface area (Å²) in [6, 6.07) is -0.256. The smallest absolute Gasteiger partial charge is 0.239 e. The summed E-state index contributed by atoms with van der Waals surface area (Å²) in [4.78, 5) is 14.0. The number of likely N-dealkylation sites (tertiary alicyclic amines) is 1. The van der Waals surface area contributed by atoms with Crippen molar-refractivity contribution in [2.45, 2.75) is 45.1 Å². The Balaban J connectivity index is 1.87. The Morgan fingerprint density at radius 3 is 2.53 bits per heavy atom. The van der Waals surface area contributed by atoms with Crippen LogP contribution in [0.2, 0.25) is 0 Å². The predicted molar refractivity (Wildman–Crippen MR) is 60.3 cm³/mol. The molecule has 2 N–H and O–H groups in total. The van der Waals surface area contributed by atoms with Crippen LogP contribution in [0.4, 0.5) is 0 Å². The second-order valence-electron chi connectivity index (χ2n) is 5.09. The topological polar surface area (TPSA) is 46.3 Å². The molecule has 0 spiro atoms. The number of hydrogen-bond acceptors (Lipinski definition) is 2. The zero-order valence-corrected chi connectivity index (χ0v) is 9.61. The number of nitrogens with zero attached hydrogens (tertiary/aromatic N) is 1. The van der Waals surface area contributed by atoms with E-state index in [0.717, 1.165) is 37.8 Å². The van der Waals surface area contributed by atoms with Crippen LogP contribution in [0.5, 0.6) is 0 Å². The number of nitrogens with two attached hydrogens (primary N) is 1. The molecule has 3 heteroatoms. The van der Waals surface area contributed by atoms with Crippen molar-refractivity contribution in [3.8, 4) is 0 Å². The molecular formula is C12H22N2O. The van der Waals surface area contributed by atoms with Crippen molar-refractivity contribution in [2.24, 2.45) is 17.6 Å². The highest BCUT2D eigenvalue weighted by Crippen LogP contribution is 2.37. The summed E-state index contributed by atoms with van der Waals surface area (Å²) in [5, 5.41) is 0. The van der Waals surface area contributed by atoms with Gasteiger partial charge < -0.3 is 10.6 Å². The summed E-state index contributed by atoms with van der Waals surface area (Å²) in [5.74, 6) is 1.75. The Morgan fingerprint density at radius 1 is 1.40 bits per heavy atom. The first-order chi connectivity index (χ1) is 7.22. The van der Waals surface area contributed by atoms with E-state index in [-0.39, 0.29) is 11.9 Å². The molecule has 0 aromatic heterocycles. The molecule has 0 aromatic carbocycles. The summed E-state index contributed by atoms with van der Waals surface area (Å²) in [6.07, 6.45) is 5.81. The van der Waals surface area contributed by atoms with E-state index in [1.54, 1.807) is 0 Å². The van der Waals surface area contributed by atoms with E-state index in [4.69, 9.17) is 5.73 Å². The van der Waals surface area contributed by atoms with E-state index in [1.807, 2.05) is 4.90 Å². The van der Waals surface area contributed by atoms with E-state index >= 15 is 0 Å². The van der Waals surface area contributed by atoms with E-state index in [0.29, 0.717) is 0 Å². The van der Waals surface area contributed by atoms with Gasteiger partial charge in [0.05, 0.1) is 6.04 Å². The van der Waals surface area contributed by atoms with Crippen molar-refractivity contribution in [1.82, 2.24) is 4.90 Å². The van der Waals surface area contributed by atoms with Gasteiger partial charge >= 0.3 is 0 Å². The molecule has 3 atom stereocenters. The SMILES string of the molecule is CCC[C@H](N)C(=O)N1CC2CCCC2C1. The van der Waals surface area contributed by atoms with Gasteiger partial charge in [0, 0.05) is 13.1 Å². The van der Waals surface area contributed by atoms with Gasteiger partial charge in [0.2, 0.25) is 5.91 Å². The van der Waals surface area contributed by atoms with Crippen LogP contribution in [0.15, 0.2) is 0 Å². The van der Waals surface area contributed by atoms with Gasteiger partial charge in [0.15, 0.2) is 0 Å². The summed E-state index contributed by atoms with van der Waals surface area (Å²) in [6.45, 7) is 4.02. The van der Waals surface area contributed by atoms with Crippen LogP contribution in [0.3, 0.4) is 0 Å². The molecular weight excluding hydrogens is 188 g/mol. The highest BCUT2D eigenvalue weighted by molar-refractivity contribution is 5.81. The summed E-state index contributed by atoms with van der Waals surface area (Å²) in [7, 11) is 0. The first kappa shape index (κ1) is 10.9. The lowest BCUT2D eigenvalue weighted by atomic mass is 10.0. The zero-order valence-electron chi connectivity index (χ0n) is 9.61. The standard InChI is InChI=1S/C12H22N2O/c1-2-4-11(13)12(15)14-7-9-5-3-6-10(9)8-14/h9-11H,2-8,13H2,1H3/t9?,10?,11-/m0/s1. The van der Waals surface area contributed by atoms with Crippen LogP contribution in [0.1, 0.15) is 39.0 Å². The number of fused-ring (bicyclic) bond motifs is 1. The Labute approximate surface area is 92.0 Å². The molecule has 2 rings (SSSR count). The van der Waals surface area contributed by atoms with Crippen LogP contribution >= 0.6 is 0 Å². The van der Waals surface area contributed by atoms with Crippen LogP contribution in [-0.4, -0.2) is 29.9 Å². The predicted octanol–water partition coefficient (Wildman–Crippen LogP) is 1.37. The third-order valence-corrected chi connectivity index (χ3v) is 3.95. The van der Waals surface area contributed by atoms with E-state index in [2.05, 4.69) is 6.92 Å². The lowest BCUT2D eigenvalue weighted by Crippen LogP contribution is -2.42. The molecule has 0 aromatic rings. The Bertz CT molecular complexity index is 230. The maximum Gasteiger partial charge on any atom is 0.239 e. The third-order valence-electron chi connectivity index (χ3n) is 3.95. The van der Waals surface area contributed by atoms with Crippen molar-refractivity contribution < 1.29 is 4.79 Å². The molecule has 86 valence electrons. The summed E-state index contributed by atoms with van der Waals surface area (Å²) >= 11 is 0. The van der Waals surface area contributed by atoms with Crippen molar-refractivity contribution in [1.29, 1.82) is 0 Å². The summed E-state index contributed by atoms with van der Waals surface area (Å²) in [5.41, 5.74) is 5.87. The van der Waals surface area contributed by atoms with Crippen molar-refractivity contribution >= 4 is 5.91 Å². The second kappa shape index (κ2) is 4.52. The monoisotopic (exact) mass is 210 g/mol.